The number of hydrogen-bond acceptors (Lipinski definition) is 3. The quantitative estimate of drug-likeness (QED) is 0.899. The molecule has 0 spiro atoms. The molecule has 110 valence electrons. The predicted octanol–water partition coefficient (Wildman–Crippen LogP) is 1.92. The summed E-state index contributed by atoms with van der Waals surface area (Å²) >= 11 is 0. The van der Waals surface area contributed by atoms with Crippen LogP contribution in [0.3, 0.4) is 0 Å². The summed E-state index contributed by atoms with van der Waals surface area (Å²) < 4.78 is 1.75. The molecule has 2 N–H and O–H groups in total. The zero-order valence-corrected chi connectivity index (χ0v) is 12.2. The van der Waals surface area contributed by atoms with Crippen molar-refractivity contribution in [1.82, 2.24) is 9.78 Å². The monoisotopic (exact) mass is 287 g/mol. The molecule has 21 heavy (non-hydrogen) atoms. The largest absolute Gasteiger partial charge is 0.478 e. The molecule has 0 aliphatic heterocycles. The number of nitrogens with one attached hydrogen (secondary N) is 1. The lowest BCUT2D eigenvalue weighted by Crippen LogP contribution is -2.15. The van der Waals surface area contributed by atoms with Crippen molar-refractivity contribution in [3.05, 3.63) is 46.8 Å². The van der Waals surface area contributed by atoms with E-state index in [9.17, 15) is 9.59 Å². The number of hydrogen-bond donors (Lipinski definition) is 2. The molecule has 1 aromatic carbocycles. The van der Waals surface area contributed by atoms with E-state index in [1.807, 2.05) is 20.9 Å². The zero-order valence-electron chi connectivity index (χ0n) is 12.2. The smallest absolute Gasteiger partial charge is 0.335 e. The number of aromatic nitrogens is 2. The van der Waals surface area contributed by atoms with Crippen molar-refractivity contribution in [2.75, 3.05) is 5.32 Å². The molecular formula is C15H17N3O3. The highest BCUT2D eigenvalue weighted by atomic mass is 16.4. The number of carboxylic acids is 1. The molecule has 6 nitrogen and oxygen atoms in total. The van der Waals surface area contributed by atoms with Gasteiger partial charge in [0.15, 0.2) is 0 Å². The summed E-state index contributed by atoms with van der Waals surface area (Å²) in [6.45, 7) is 3.79. The second-order valence-corrected chi connectivity index (χ2v) is 4.88. The van der Waals surface area contributed by atoms with Gasteiger partial charge in [-0.05, 0) is 38.1 Å². The Hall–Kier alpha value is -2.63. The van der Waals surface area contributed by atoms with Crippen molar-refractivity contribution in [3.8, 4) is 0 Å². The Morgan fingerprint density at radius 2 is 1.86 bits per heavy atom. The summed E-state index contributed by atoms with van der Waals surface area (Å²) in [4.78, 5) is 22.8. The Bertz CT molecular complexity index is 687. The normalized spacial score (nSPS) is 10.4. The Balaban J connectivity index is 2.06. The second-order valence-electron chi connectivity index (χ2n) is 4.88. The first-order valence-electron chi connectivity index (χ1n) is 6.50. The molecule has 0 radical (unpaired) electrons. The van der Waals surface area contributed by atoms with Crippen molar-refractivity contribution in [3.63, 3.8) is 0 Å². The van der Waals surface area contributed by atoms with E-state index in [1.54, 1.807) is 16.8 Å². The molecule has 1 heterocycles. The Morgan fingerprint density at radius 1 is 1.24 bits per heavy atom. The first-order chi connectivity index (χ1) is 9.88. The molecule has 2 aromatic rings. The molecular weight excluding hydrogens is 270 g/mol. The summed E-state index contributed by atoms with van der Waals surface area (Å²) in [7, 11) is 1.84. The SMILES string of the molecule is Cc1nn(C)c(C)c1CC(=O)Nc1ccc(C(=O)O)cc1. The molecule has 0 saturated carbocycles. The number of aryl methyl sites for hydroxylation is 2. The highest BCUT2D eigenvalue weighted by molar-refractivity contribution is 5.93. The maximum atomic E-state index is 12.0. The summed E-state index contributed by atoms with van der Waals surface area (Å²) in [5, 5.41) is 15.8. The Labute approximate surface area is 122 Å². The Morgan fingerprint density at radius 3 is 2.33 bits per heavy atom. The molecule has 6 heteroatoms. The Kier molecular flexibility index (Phi) is 4.07. The van der Waals surface area contributed by atoms with Crippen LogP contribution in [0.2, 0.25) is 0 Å². The molecule has 0 bridgehead atoms. The van der Waals surface area contributed by atoms with E-state index >= 15 is 0 Å². The number of carboxylic acid groups (broad SMARTS) is 1. The van der Waals surface area contributed by atoms with Gasteiger partial charge in [0.1, 0.15) is 0 Å². The lowest BCUT2D eigenvalue weighted by Gasteiger charge is -2.06. The minimum Gasteiger partial charge on any atom is -0.478 e. The molecule has 1 amide bonds. The number of benzene rings is 1. The van der Waals surface area contributed by atoms with Gasteiger partial charge in [0.25, 0.3) is 0 Å². The maximum absolute atomic E-state index is 12.0. The highest BCUT2D eigenvalue weighted by Crippen LogP contribution is 2.14. The number of rotatable bonds is 4. The van der Waals surface area contributed by atoms with Crippen LogP contribution in [0.25, 0.3) is 0 Å². The standard InChI is InChI=1S/C15H17N3O3/c1-9-13(10(2)18(3)17-9)8-14(19)16-12-6-4-11(5-7-12)15(20)21/h4-7H,8H2,1-3H3,(H,16,19)(H,20,21). The third-order valence-electron chi connectivity index (χ3n) is 3.41. The number of carbonyl (C=O) groups is 2. The first-order valence-corrected chi connectivity index (χ1v) is 6.50. The van der Waals surface area contributed by atoms with Crippen molar-refractivity contribution >= 4 is 17.6 Å². The van der Waals surface area contributed by atoms with Crippen molar-refractivity contribution in [2.24, 2.45) is 7.05 Å². The number of anilines is 1. The summed E-state index contributed by atoms with van der Waals surface area (Å²) in [5.74, 6) is -1.15. The van der Waals surface area contributed by atoms with Crippen LogP contribution in [0.4, 0.5) is 5.69 Å². The number of amides is 1. The van der Waals surface area contributed by atoms with E-state index in [2.05, 4.69) is 10.4 Å². The van der Waals surface area contributed by atoms with Gasteiger partial charge in [-0.3, -0.25) is 9.48 Å². The summed E-state index contributed by atoms with van der Waals surface area (Å²) in [6, 6.07) is 6.06. The van der Waals surface area contributed by atoms with E-state index in [-0.39, 0.29) is 17.9 Å². The number of nitrogens with zero attached hydrogens (tertiary/aromatic N) is 2. The van der Waals surface area contributed by atoms with Crippen molar-refractivity contribution in [1.29, 1.82) is 0 Å². The zero-order chi connectivity index (χ0) is 15.6. The molecule has 0 fully saturated rings. The summed E-state index contributed by atoms with van der Waals surface area (Å²) in [6.07, 6.45) is 0.242. The second kappa shape index (κ2) is 5.78. The van der Waals surface area contributed by atoms with Gasteiger partial charge < -0.3 is 10.4 Å². The van der Waals surface area contributed by atoms with Gasteiger partial charge in [-0.2, -0.15) is 5.10 Å². The van der Waals surface area contributed by atoms with Gasteiger partial charge in [-0.1, -0.05) is 0 Å². The third-order valence-corrected chi connectivity index (χ3v) is 3.41. The highest BCUT2D eigenvalue weighted by Gasteiger charge is 2.13. The van der Waals surface area contributed by atoms with Gasteiger partial charge >= 0.3 is 5.97 Å². The van der Waals surface area contributed by atoms with Gasteiger partial charge in [0.05, 0.1) is 17.7 Å². The minimum atomic E-state index is -0.991. The van der Waals surface area contributed by atoms with Crippen LogP contribution in [-0.4, -0.2) is 26.8 Å². The fourth-order valence-corrected chi connectivity index (χ4v) is 2.14. The van der Waals surface area contributed by atoms with Crippen LogP contribution in [0.5, 0.6) is 0 Å². The molecule has 2 rings (SSSR count). The van der Waals surface area contributed by atoms with Crippen LogP contribution < -0.4 is 5.32 Å². The molecule has 0 saturated heterocycles. The van der Waals surface area contributed by atoms with Crippen molar-refractivity contribution < 1.29 is 14.7 Å². The van der Waals surface area contributed by atoms with Gasteiger partial charge in [-0.25, -0.2) is 4.79 Å². The minimum absolute atomic E-state index is 0.155. The van der Waals surface area contributed by atoms with Gasteiger partial charge in [-0.15, -0.1) is 0 Å². The van der Waals surface area contributed by atoms with Crippen LogP contribution in [0.1, 0.15) is 27.3 Å². The molecule has 0 atom stereocenters. The number of carbonyl (C=O) groups excluding carboxylic acids is 1. The predicted molar refractivity (Wildman–Crippen MR) is 78.4 cm³/mol. The fourth-order valence-electron chi connectivity index (χ4n) is 2.14. The lowest BCUT2D eigenvalue weighted by atomic mass is 10.1. The lowest BCUT2D eigenvalue weighted by molar-refractivity contribution is -0.115. The number of aromatic carboxylic acids is 1. The molecule has 0 aliphatic rings. The van der Waals surface area contributed by atoms with Crippen molar-refractivity contribution in [2.45, 2.75) is 20.3 Å². The van der Waals surface area contributed by atoms with Crippen LogP contribution in [0.15, 0.2) is 24.3 Å². The average Bonchev–Trinajstić information content (AvgIpc) is 2.66. The topological polar surface area (TPSA) is 84.2 Å². The fraction of sp³-hybridized carbons (Fsp3) is 0.267. The molecule has 1 aromatic heterocycles. The van der Waals surface area contributed by atoms with E-state index in [0.717, 1.165) is 17.0 Å². The van der Waals surface area contributed by atoms with Gasteiger partial charge in [0.2, 0.25) is 5.91 Å². The van der Waals surface area contributed by atoms with E-state index in [1.165, 1.54) is 12.1 Å². The average molecular weight is 287 g/mol. The first kappa shape index (κ1) is 14.8. The van der Waals surface area contributed by atoms with Gasteiger partial charge in [0, 0.05) is 24.0 Å². The van der Waals surface area contributed by atoms with E-state index < -0.39 is 5.97 Å². The van der Waals surface area contributed by atoms with Crippen LogP contribution in [-0.2, 0) is 18.3 Å². The summed E-state index contributed by atoms with van der Waals surface area (Å²) in [5.41, 5.74) is 3.48. The molecule has 0 unspecified atom stereocenters. The van der Waals surface area contributed by atoms with Crippen LogP contribution >= 0.6 is 0 Å². The van der Waals surface area contributed by atoms with E-state index in [4.69, 9.17) is 5.11 Å². The van der Waals surface area contributed by atoms with E-state index in [0.29, 0.717) is 5.69 Å². The molecule has 0 aliphatic carbocycles. The maximum Gasteiger partial charge on any atom is 0.335 e. The third kappa shape index (κ3) is 3.28. The van der Waals surface area contributed by atoms with Crippen LogP contribution in [0, 0.1) is 13.8 Å².